The van der Waals surface area contributed by atoms with Crippen LogP contribution in [0.1, 0.15) is 13.8 Å². The van der Waals surface area contributed by atoms with Crippen molar-refractivity contribution in [3.63, 3.8) is 0 Å². The third-order valence-electron chi connectivity index (χ3n) is 3.59. The highest BCUT2D eigenvalue weighted by Gasteiger charge is 2.26. The van der Waals surface area contributed by atoms with Crippen molar-refractivity contribution in [2.45, 2.75) is 13.8 Å². The van der Waals surface area contributed by atoms with Crippen molar-refractivity contribution in [2.75, 3.05) is 18.1 Å². The highest BCUT2D eigenvalue weighted by molar-refractivity contribution is 6.40. The van der Waals surface area contributed by atoms with Crippen LogP contribution in [0.5, 0.6) is 11.5 Å². The molecule has 11 heteroatoms. The van der Waals surface area contributed by atoms with Crippen LogP contribution in [-0.2, 0) is 14.3 Å². The van der Waals surface area contributed by atoms with Crippen molar-refractivity contribution in [1.29, 1.82) is 0 Å². The van der Waals surface area contributed by atoms with Crippen molar-refractivity contribution in [1.82, 2.24) is 0 Å². The minimum atomic E-state index is -0.716. The van der Waals surface area contributed by atoms with E-state index in [0.717, 1.165) is 11.0 Å². The molecule has 0 bridgehead atoms. The van der Waals surface area contributed by atoms with Crippen LogP contribution in [0, 0.1) is 10.1 Å². The lowest BCUT2D eigenvalue weighted by Gasteiger charge is -2.21. The lowest BCUT2D eigenvalue weighted by atomic mass is 10.2. The highest BCUT2D eigenvalue weighted by Crippen LogP contribution is 2.40. The molecule has 2 aromatic carbocycles. The predicted molar refractivity (Wildman–Crippen MR) is 109 cm³/mol. The molecule has 1 amide bonds. The maximum absolute atomic E-state index is 12.1. The van der Waals surface area contributed by atoms with Crippen LogP contribution in [0.3, 0.4) is 0 Å². The molecule has 0 radical (unpaired) electrons. The van der Waals surface area contributed by atoms with Gasteiger partial charge >= 0.3 is 5.97 Å². The number of nitrogens with zero attached hydrogens (tertiary/aromatic N) is 2. The van der Waals surface area contributed by atoms with E-state index in [1.807, 2.05) is 0 Å². The summed E-state index contributed by atoms with van der Waals surface area (Å²) in [6.07, 6.45) is 0. The molecule has 0 atom stereocenters. The average molecular weight is 462 g/mol. The molecule has 0 fully saturated rings. The molecular formula is C18H15Cl3N2O6. The van der Waals surface area contributed by atoms with Gasteiger partial charge in [0.25, 0.3) is 5.69 Å². The van der Waals surface area contributed by atoms with Gasteiger partial charge in [-0.1, -0.05) is 34.8 Å². The molecule has 8 nitrogen and oxygen atoms in total. The van der Waals surface area contributed by atoms with E-state index < -0.39 is 29.0 Å². The molecule has 0 unspecified atom stereocenters. The number of hydrogen-bond acceptors (Lipinski definition) is 6. The van der Waals surface area contributed by atoms with Crippen molar-refractivity contribution >= 4 is 58.1 Å². The fourth-order valence-electron chi connectivity index (χ4n) is 2.38. The fraction of sp³-hybridized carbons (Fsp3) is 0.222. The number of hydrogen-bond donors (Lipinski definition) is 0. The van der Waals surface area contributed by atoms with Crippen molar-refractivity contribution in [3.8, 4) is 11.5 Å². The normalized spacial score (nSPS) is 10.4. The van der Waals surface area contributed by atoms with Crippen molar-refractivity contribution in [3.05, 3.63) is 55.5 Å². The Kier molecular flexibility index (Phi) is 7.66. The van der Waals surface area contributed by atoms with Gasteiger partial charge in [0, 0.05) is 24.1 Å². The molecule has 154 valence electrons. The summed E-state index contributed by atoms with van der Waals surface area (Å²) in [5, 5.41) is 12.0. The fourth-order valence-corrected chi connectivity index (χ4v) is 3.28. The molecule has 0 aliphatic rings. The van der Waals surface area contributed by atoms with Crippen LogP contribution >= 0.6 is 34.8 Å². The smallest absolute Gasteiger partial charge is 0.326 e. The zero-order valence-electron chi connectivity index (χ0n) is 15.3. The Hall–Kier alpha value is -2.55. The largest absolute Gasteiger partial charge is 0.465 e. The van der Waals surface area contributed by atoms with E-state index in [4.69, 9.17) is 44.3 Å². The second kappa shape index (κ2) is 9.78. The van der Waals surface area contributed by atoms with Crippen LogP contribution in [0.4, 0.5) is 11.4 Å². The number of halogens is 3. The van der Waals surface area contributed by atoms with E-state index in [-0.39, 0.29) is 33.8 Å². The molecule has 0 saturated heterocycles. The first-order valence-electron chi connectivity index (χ1n) is 8.18. The maximum Gasteiger partial charge on any atom is 0.326 e. The minimum Gasteiger partial charge on any atom is -0.465 e. The Balaban J connectivity index is 2.49. The Bertz CT molecular complexity index is 944. The Morgan fingerprint density at radius 2 is 1.76 bits per heavy atom. The number of rotatable bonds is 7. The predicted octanol–water partition coefficient (Wildman–Crippen LogP) is 5.26. The number of amides is 1. The van der Waals surface area contributed by atoms with Gasteiger partial charge in [0.2, 0.25) is 5.91 Å². The molecule has 0 aromatic heterocycles. The number of nitro benzene ring substituents is 1. The molecule has 29 heavy (non-hydrogen) atoms. The van der Waals surface area contributed by atoms with Gasteiger partial charge in [-0.25, -0.2) is 0 Å². The molecule has 0 saturated carbocycles. The van der Waals surface area contributed by atoms with Gasteiger partial charge in [0.1, 0.15) is 18.0 Å². The van der Waals surface area contributed by atoms with Gasteiger partial charge in [-0.15, -0.1) is 0 Å². The molecule has 0 aliphatic carbocycles. The lowest BCUT2D eigenvalue weighted by Crippen LogP contribution is -2.35. The highest BCUT2D eigenvalue weighted by atomic mass is 35.5. The van der Waals surface area contributed by atoms with Gasteiger partial charge in [-0.05, 0) is 25.1 Å². The molecular weight excluding hydrogens is 447 g/mol. The zero-order valence-corrected chi connectivity index (χ0v) is 17.5. The third kappa shape index (κ3) is 5.72. The Morgan fingerprint density at radius 3 is 2.28 bits per heavy atom. The van der Waals surface area contributed by atoms with Gasteiger partial charge in [-0.2, -0.15) is 0 Å². The van der Waals surface area contributed by atoms with Crippen LogP contribution in [0.2, 0.25) is 15.1 Å². The van der Waals surface area contributed by atoms with Gasteiger partial charge in [-0.3, -0.25) is 24.6 Å². The van der Waals surface area contributed by atoms with E-state index in [1.54, 1.807) is 6.92 Å². The van der Waals surface area contributed by atoms with Crippen LogP contribution < -0.4 is 9.64 Å². The van der Waals surface area contributed by atoms with E-state index in [2.05, 4.69) is 0 Å². The molecule has 2 aromatic rings. The number of nitro groups is 1. The van der Waals surface area contributed by atoms with E-state index >= 15 is 0 Å². The summed E-state index contributed by atoms with van der Waals surface area (Å²) >= 11 is 18.1. The summed E-state index contributed by atoms with van der Waals surface area (Å²) in [7, 11) is 0. The monoisotopic (exact) mass is 460 g/mol. The molecule has 0 N–H and O–H groups in total. The summed E-state index contributed by atoms with van der Waals surface area (Å²) in [5.41, 5.74) is -0.542. The number of carbonyl (C=O) groups is 2. The third-order valence-corrected chi connectivity index (χ3v) is 4.37. The second-order valence-corrected chi connectivity index (χ2v) is 6.87. The Labute approximate surface area is 181 Å². The van der Waals surface area contributed by atoms with Crippen LogP contribution in [0.25, 0.3) is 0 Å². The topological polar surface area (TPSA) is 99.0 Å². The standard InChI is InChI=1S/C18H15Cl3N2O6/c1-3-28-17(25)9-22(10(2)24)16-8-12(4-5-15(16)23(26)27)29-18-13(20)6-11(19)7-14(18)21/h4-8H,3,9H2,1-2H3. The number of anilines is 1. The van der Waals surface area contributed by atoms with Crippen molar-refractivity contribution in [2.24, 2.45) is 0 Å². The summed E-state index contributed by atoms with van der Waals surface area (Å²) in [6, 6.07) is 6.52. The van der Waals surface area contributed by atoms with Gasteiger partial charge in [0.15, 0.2) is 5.75 Å². The first-order valence-corrected chi connectivity index (χ1v) is 9.32. The summed E-state index contributed by atoms with van der Waals surface area (Å²) in [5.74, 6) is -1.13. The number of carbonyl (C=O) groups excluding carboxylic acids is 2. The lowest BCUT2D eigenvalue weighted by molar-refractivity contribution is -0.384. The molecule has 2 rings (SSSR count). The minimum absolute atomic E-state index is 0.0808. The summed E-state index contributed by atoms with van der Waals surface area (Å²) < 4.78 is 10.5. The number of esters is 1. The van der Waals surface area contributed by atoms with E-state index in [1.165, 1.54) is 31.2 Å². The molecule has 0 heterocycles. The first kappa shape index (κ1) is 22.7. The van der Waals surface area contributed by atoms with Crippen LogP contribution in [-0.4, -0.2) is 30.0 Å². The van der Waals surface area contributed by atoms with Gasteiger partial charge in [0.05, 0.1) is 21.6 Å². The number of benzene rings is 2. The number of ether oxygens (including phenoxy) is 2. The molecule has 0 spiro atoms. The van der Waals surface area contributed by atoms with Crippen LogP contribution in [0.15, 0.2) is 30.3 Å². The summed E-state index contributed by atoms with van der Waals surface area (Å²) in [4.78, 5) is 35.6. The Morgan fingerprint density at radius 1 is 1.14 bits per heavy atom. The van der Waals surface area contributed by atoms with Crippen molar-refractivity contribution < 1.29 is 24.0 Å². The first-order chi connectivity index (χ1) is 13.6. The van der Waals surface area contributed by atoms with Gasteiger partial charge < -0.3 is 9.47 Å². The average Bonchev–Trinajstić information content (AvgIpc) is 2.62. The van der Waals surface area contributed by atoms with E-state index in [9.17, 15) is 19.7 Å². The zero-order chi connectivity index (χ0) is 21.7. The SMILES string of the molecule is CCOC(=O)CN(C(C)=O)c1cc(Oc2c(Cl)cc(Cl)cc2Cl)ccc1[N+](=O)[O-]. The maximum atomic E-state index is 12.1. The quantitative estimate of drug-likeness (QED) is 0.317. The van der Waals surface area contributed by atoms with E-state index in [0.29, 0.717) is 5.02 Å². The molecule has 0 aliphatic heterocycles. The second-order valence-electron chi connectivity index (χ2n) is 5.62. The summed E-state index contributed by atoms with van der Waals surface area (Å²) in [6.45, 7) is 2.37.